The Balaban J connectivity index is 4.45. The minimum absolute atomic E-state index is 0.463. The van der Waals surface area contributed by atoms with E-state index in [0.29, 0.717) is 0 Å². The zero-order valence-electron chi connectivity index (χ0n) is 6.51. The highest BCUT2D eigenvalue weighted by molar-refractivity contribution is 7.33. The highest BCUT2D eigenvalue weighted by atomic mass is 35.7. The largest absolute Gasteiger partial charge is 0.453 e. The average Bonchev–Trinajstić information content (AvgIpc) is 1.82. The molecule has 0 saturated heterocycles. The van der Waals surface area contributed by atoms with E-state index in [0.717, 1.165) is 6.92 Å². The fourth-order valence-corrected chi connectivity index (χ4v) is 3.13. The number of hydrogen-bond donors (Lipinski definition) is 0. The van der Waals surface area contributed by atoms with E-state index in [1.807, 2.05) is 0 Å². The Labute approximate surface area is 83.0 Å². The molecule has 0 fully saturated rings. The van der Waals surface area contributed by atoms with Gasteiger partial charge in [-0.2, -0.15) is 44.1 Å². The molecule has 0 aliphatic rings. The zero-order chi connectivity index (χ0) is 10.9. The van der Waals surface area contributed by atoms with Gasteiger partial charge in [-0.1, -0.05) is 6.92 Å². The van der Waals surface area contributed by atoms with Crippen LogP contribution < -0.4 is 0 Å². The third kappa shape index (κ3) is 3.59. The maximum absolute atomic E-state index is 12.5. The minimum atomic E-state index is -5.52. The first-order chi connectivity index (χ1) is 5.59. The second-order valence-electron chi connectivity index (χ2n) is 2.65. The fourth-order valence-electron chi connectivity index (χ4n) is 0.695. The summed E-state index contributed by atoms with van der Waals surface area (Å²) < 4.78 is 60.1. The molecule has 0 aromatic carbocycles. The van der Waals surface area contributed by atoms with E-state index in [-0.39, 0.29) is 0 Å². The van der Waals surface area contributed by atoms with Crippen molar-refractivity contribution in [3.8, 4) is 0 Å². The van der Waals surface area contributed by atoms with Crippen molar-refractivity contribution >= 4 is 29.6 Å². The summed E-state index contributed by atoms with van der Waals surface area (Å²) in [6.07, 6.45) is -5.52. The molecule has 0 aromatic heterocycles. The van der Waals surface area contributed by atoms with Crippen molar-refractivity contribution in [2.75, 3.05) is 0 Å². The van der Waals surface area contributed by atoms with Crippen LogP contribution in [0.4, 0.5) is 22.0 Å². The third-order valence-electron chi connectivity index (χ3n) is 1.53. The normalized spacial score (nSPS) is 16.4. The van der Waals surface area contributed by atoms with Gasteiger partial charge in [0, 0.05) is 5.92 Å². The molecule has 0 spiro atoms. The minimum Gasteiger partial charge on any atom is -0.196 e. The van der Waals surface area contributed by atoms with E-state index < -0.39 is 31.5 Å². The molecule has 1 atom stereocenters. The Morgan fingerprint density at radius 1 is 1.15 bits per heavy atom. The highest BCUT2D eigenvalue weighted by Crippen LogP contribution is 2.43. The first-order valence-corrected chi connectivity index (χ1v) is 7.62. The van der Waals surface area contributed by atoms with Gasteiger partial charge in [-0.05, 0) is 6.04 Å². The first-order valence-electron chi connectivity index (χ1n) is 3.31. The van der Waals surface area contributed by atoms with E-state index in [9.17, 15) is 22.0 Å². The van der Waals surface area contributed by atoms with E-state index in [1.54, 1.807) is 0 Å². The van der Waals surface area contributed by atoms with E-state index >= 15 is 0 Å². The summed E-state index contributed by atoms with van der Waals surface area (Å²) in [5, 5.41) is 0. The summed E-state index contributed by atoms with van der Waals surface area (Å²) in [4.78, 5) is 0. The van der Waals surface area contributed by atoms with Gasteiger partial charge in [0.25, 0.3) is 0 Å². The lowest BCUT2D eigenvalue weighted by molar-refractivity contribution is -0.298. The van der Waals surface area contributed by atoms with Crippen LogP contribution in [0.1, 0.15) is 6.92 Å². The van der Waals surface area contributed by atoms with Gasteiger partial charge in [0.15, 0.2) is 0 Å². The Kier molecular flexibility index (Phi) is 4.46. The molecule has 0 saturated carbocycles. The van der Waals surface area contributed by atoms with Gasteiger partial charge in [0.1, 0.15) is 0 Å². The monoisotopic (exact) mass is 260 g/mol. The van der Waals surface area contributed by atoms with Crippen molar-refractivity contribution < 1.29 is 22.0 Å². The molecule has 1 unspecified atom stereocenters. The third-order valence-corrected chi connectivity index (χ3v) is 3.66. The van der Waals surface area contributed by atoms with Crippen LogP contribution in [0.5, 0.6) is 0 Å². The molecule has 0 aromatic rings. The van der Waals surface area contributed by atoms with Crippen molar-refractivity contribution in [3.05, 3.63) is 0 Å². The van der Waals surface area contributed by atoms with Crippen molar-refractivity contribution in [3.63, 3.8) is 0 Å². The first kappa shape index (κ1) is 13.4. The second kappa shape index (κ2) is 4.31. The number of halogens is 7. The maximum atomic E-state index is 12.5. The van der Waals surface area contributed by atoms with Gasteiger partial charge < -0.3 is 0 Å². The molecule has 80 valence electrons. The predicted molar refractivity (Wildman–Crippen MR) is 43.8 cm³/mol. The van der Waals surface area contributed by atoms with Gasteiger partial charge in [-0.15, -0.1) is 0 Å². The quantitative estimate of drug-likeness (QED) is 0.414. The van der Waals surface area contributed by atoms with Crippen molar-refractivity contribution in [1.29, 1.82) is 0 Å². The van der Waals surface area contributed by atoms with Crippen molar-refractivity contribution in [1.82, 2.24) is 0 Å². The summed E-state index contributed by atoms with van der Waals surface area (Å²) >= 11 is 10.5. The van der Waals surface area contributed by atoms with Crippen LogP contribution >= 0.6 is 22.2 Å². The van der Waals surface area contributed by atoms with Crippen LogP contribution in [-0.4, -0.2) is 19.5 Å². The second-order valence-corrected chi connectivity index (χ2v) is 7.73. The fraction of sp³-hybridized carbons (Fsp3) is 1.00. The molecule has 0 aliphatic heterocycles. The molecule has 0 bridgehead atoms. The van der Waals surface area contributed by atoms with Crippen LogP contribution in [0.25, 0.3) is 0 Å². The lowest BCUT2D eigenvalue weighted by Crippen LogP contribution is -2.42. The summed E-state index contributed by atoms with van der Waals surface area (Å²) in [7, 11) is -2.44. The van der Waals surface area contributed by atoms with Gasteiger partial charge in [0.2, 0.25) is 7.42 Å². The number of hydrogen-bond acceptors (Lipinski definition) is 0. The highest BCUT2D eigenvalue weighted by Gasteiger charge is 2.60. The Morgan fingerprint density at radius 2 is 1.54 bits per heavy atom. The average molecular weight is 261 g/mol. The molecule has 0 radical (unpaired) electrons. The zero-order valence-corrected chi connectivity index (χ0v) is 9.17. The summed E-state index contributed by atoms with van der Waals surface area (Å²) in [5.74, 6) is -6.57. The lowest BCUT2D eigenvalue weighted by Gasteiger charge is -2.25. The molecule has 13 heavy (non-hydrogen) atoms. The molecular weight excluding hydrogens is 254 g/mol. The SMILES string of the molecule is CC(C[SiH](Cl)Cl)C(F)(F)C(F)(F)F. The maximum Gasteiger partial charge on any atom is 0.453 e. The summed E-state index contributed by atoms with van der Waals surface area (Å²) in [6, 6.07) is -0.463. The van der Waals surface area contributed by atoms with Crippen LogP contribution in [0, 0.1) is 5.92 Å². The summed E-state index contributed by atoms with van der Waals surface area (Å²) in [5.41, 5.74) is 0. The smallest absolute Gasteiger partial charge is 0.196 e. The standard InChI is InChI=1S/C5H7Cl2F5Si/c1-3(2-13(6)7)4(8,9)5(10,11)12/h3,13H,2H2,1H3. The Bertz CT molecular complexity index is 169. The molecule has 0 rings (SSSR count). The lowest BCUT2D eigenvalue weighted by atomic mass is 10.1. The molecule has 0 nitrogen and oxygen atoms in total. The van der Waals surface area contributed by atoms with Gasteiger partial charge in [-0.25, -0.2) is 0 Å². The topological polar surface area (TPSA) is 0 Å². The van der Waals surface area contributed by atoms with Crippen LogP contribution in [0.15, 0.2) is 0 Å². The Hall–Kier alpha value is 0.447. The van der Waals surface area contributed by atoms with E-state index in [1.165, 1.54) is 0 Å². The molecule has 0 heterocycles. The molecule has 0 N–H and O–H groups in total. The Morgan fingerprint density at radius 3 is 1.77 bits per heavy atom. The van der Waals surface area contributed by atoms with Crippen LogP contribution in [-0.2, 0) is 0 Å². The van der Waals surface area contributed by atoms with Gasteiger partial charge in [-0.3, -0.25) is 0 Å². The van der Waals surface area contributed by atoms with E-state index in [4.69, 9.17) is 22.2 Å². The van der Waals surface area contributed by atoms with Crippen LogP contribution in [0.2, 0.25) is 6.04 Å². The molecular formula is C5H7Cl2F5Si. The molecule has 0 amide bonds. The number of alkyl halides is 5. The van der Waals surface area contributed by atoms with Crippen molar-refractivity contribution in [2.45, 2.75) is 25.1 Å². The predicted octanol–water partition coefficient (Wildman–Crippen LogP) is 3.52. The molecule has 8 heteroatoms. The van der Waals surface area contributed by atoms with Crippen LogP contribution in [0.3, 0.4) is 0 Å². The van der Waals surface area contributed by atoms with Gasteiger partial charge >= 0.3 is 12.1 Å². The molecule has 0 aliphatic carbocycles. The van der Waals surface area contributed by atoms with E-state index in [2.05, 4.69) is 0 Å². The van der Waals surface area contributed by atoms with Gasteiger partial charge in [0.05, 0.1) is 0 Å². The summed E-state index contributed by atoms with van der Waals surface area (Å²) in [6.45, 7) is 0.790. The van der Waals surface area contributed by atoms with Crippen molar-refractivity contribution in [2.24, 2.45) is 5.92 Å². The number of rotatable bonds is 3.